The lowest BCUT2D eigenvalue weighted by Crippen LogP contribution is -2.07. The van der Waals surface area contributed by atoms with Gasteiger partial charge < -0.3 is 0 Å². The van der Waals surface area contributed by atoms with Crippen molar-refractivity contribution in [2.24, 2.45) is 0 Å². The summed E-state index contributed by atoms with van der Waals surface area (Å²) >= 11 is 12.0. The van der Waals surface area contributed by atoms with Crippen molar-refractivity contribution in [1.82, 2.24) is 14.8 Å². The maximum absolute atomic E-state index is 11.5. The van der Waals surface area contributed by atoms with E-state index in [2.05, 4.69) is 10.2 Å². The van der Waals surface area contributed by atoms with Gasteiger partial charge in [-0.1, -0.05) is 30.1 Å². The largest absolute Gasteiger partial charge is 0.297 e. The molecule has 0 saturated carbocycles. The highest BCUT2D eigenvalue weighted by atomic mass is 35.7. The molecule has 0 radical (unpaired) electrons. The Kier molecular flexibility index (Phi) is 4.59. The smallest absolute Gasteiger partial charge is 0.296 e. The second-order valence-electron chi connectivity index (χ2n) is 4.02. The fourth-order valence-corrected chi connectivity index (χ4v) is 3.18. The van der Waals surface area contributed by atoms with Crippen LogP contribution in [0.2, 0.25) is 10.0 Å². The molecule has 0 unspecified atom stereocenters. The number of benzene rings is 1. The molecular weight excluding hydrogens is 345 g/mol. The molecule has 0 aliphatic rings. The number of rotatable bonds is 4. The van der Waals surface area contributed by atoms with Crippen molar-refractivity contribution in [3.63, 3.8) is 0 Å². The van der Waals surface area contributed by atoms with Crippen molar-refractivity contribution in [1.29, 1.82) is 0 Å². The molecule has 0 atom stereocenters. The van der Waals surface area contributed by atoms with E-state index < -0.39 is 9.05 Å². The van der Waals surface area contributed by atoms with E-state index in [1.807, 2.05) is 6.92 Å². The normalized spacial score (nSPS) is 11.8. The molecule has 0 aliphatic carbocycles. The lowest BCUT2D eigenvalue weighted by Gasteiger charge is -2.08. The van der Waals surface area contributed by atoms with Crippen LogP contribution in [-0.2, 0) is 15.6 Å². The van der Waals surface area contributed by atoms with Crippen molar-refractivity contribution < 1.29 is 8.42 Å². The van der Waals surface area contributed by atoms with Crippen LogP contribution in [0.4, 0.5) is 0 Å². The van der Waals surface area contributed by atoms with E-state index >= 15 is 0 Å². The van der Waals surface area contributed by atoms with Crippen LogP contribution in [0.1, 0.15) is 13.3 Å². The lowest BCUT2D eigenvalue weighted by atomic mass is 10.2. The number of aromatic nitrogens is 3. The Bertz CT molecular complexity index is 743. The van der Waals surface area contributed by atoms with Crippen LogP contribution < -0.4 is 0 Å². The number of hydrogen-bond acceptors (Lipinski definition) is 4. The van der Waals surface area contributed by atoms with Gasteiger partial charge in [-0.25, -0.2) is 8.42 Å². The Labute approximate surface area is 130 Å². The minimum atomic E-state index is -3.97. The van der Waals surface area contributed by atoms with Crippen LogP contribution in [0.5, 0.6) is 0 Å². The second-order valence-corrected chi connectivity index (χ2v) is 7.32. The summed E-state index contributed by atoms with van der Waals surface area (Å²) in [6, 6.07) is 4.85. The van der Waals surface area contributed by atoms with E-state index in [1.165, 1.54) is 4.57 Å². The van der Waals surface area contributed by atoms with Crippen LogP contribution in [0, 0.1) is 0 Å². The third-order valence-corrected chi connectivity index (χ3v) is 4.25. The average molecular weight is 355 g/mol. The summed E-state index contributed by atoms with van der Waals surface area (Å²) in [5.41, 5.74) is 0.545. The third kappa shape index (κ3) is 3.09. The highest BCUT2D eigenvalue weighted by Gasteiger charge is 2.23. The van der Waals surface area contributed by atoms with Gasteiger partial charge in [0.25, 0.3) is 14.2 Å². The van der Waals surface area contributed by atoms with Crippen LogP contribution >= 0.6 is 33.9 Å². The van der Waals surface area contributed by atoms with Crippen molar-refractivity contribution in [3.8, 4) is 11.4 Å². The van der Waals surface area contributed by atoms with Crippen molar-refractivity contribution in [2.75, 3.05) is 0 Å². The molecule has 2 aromatic rings. The standard InChI is InChI=1S/C11H10Cl3N3O2S/c1-2-5-17-10(15-16-11(17)20(14,18)19)8-4-3-7(12)6-9(8)13/h3-4,6H,2,5H2,1H3. The van der Waals surface area contributed by atoms with E-state index in [0.717, 1.165) is 0 Å². The molecule has 1 aromatic heterocycles. The minimum Gasteiger partial charge on any atom is -0.297 e. The van der Waals surface area contributed by atoms with Gasteiger partial charge in [-0.15, -0.1) is 10.2 Å². The SMILES string of the molecule is CCCn1c(-c2ccc(Cl)cc2Cl)nnc1S(=O)(=O)Cl. The Balaban J connectivity index is 2.66. The van der Waals surface area contributed by atoms with Gasteiger partial charge in [0.1, 0.15) is 0 Å². The third-order valence-electron chi connectivity index (χ3n) is 2.55. The molecule has 1 aromatic carbocycles. The first kappa shape index (κ1) is 15.6. The van der Waals surface area contributed by atoms with Gasteiger partial charge in [-0.3, -0.25) is 4.57 Å². The second kappa shape index (κ2) is 5.89. The molecule has 0 amide bonds. The maximum Gasteiger partial charge on any atom is 0.296 e. The quantitative estimate of drug-likeness (QED) is 0.787. The zero-order valence-corrected chi connectivity index (χ0v) is 13.4. The highest BCUT2D eigenvalue weighted by Crippen LogP contribution is 2.30. The van der Waals surface area contributed by atoms with Crippen molar-refractivity contribution in [3.05, 3.63) is 28.2 Å². The van der Waals surface area contributed by atoms with E-state index in [0.29, 0.717) is 34.4 Å². The Morgan fingerprint density at radius 1 is 1.25 bits per heavy atom. The lowest BCUT2D eigenvalue weighted by molar-refractivity contribution is 0.570. The fourth-order valence-electron chi connectivity index (χ4n) is 1.76. The minimum absolute atomic E-state index is 0.290. The predicted molar refractivity (Wildman–Crippen MR) is 78.8 cm³/mol. The summed E-state index contributed by atoms with van der Waals surface area (Å²) in [5.74, 6) is 0.341. The van der Waals surface area contributed by atoms with Gasteiger partial charge in [0.15, 0.2) is 5.82 Å². The number of hydrogen-bond donors (Lipinski definition) is 0. The molecule has 0 saturated heterocycles. The first-order valence-corrected chi connectivity index (χ1v) is 8.74. The Hall–Kier alpha value is -0.820. The summed E-state index contributed by atoms with van der Waals surface area (Å²) in [4.78, 5) is 0. The fraction of sp³-hybridized carbons (Fsp3) is 0.273. The van der Waals surface area contributed by atoms with Crippen LogP contribution in [0.25, 0.3) is 11.4 Å². The Morgan fingerprint density at radius 3 is 2.50 bits per heavy atom. The van der Waals surface area contributed by atoms with Crippen molar-refractivity contribution in [2.45, 2.75) is 25.0 Å². The summed E-state index contributed by atoms with van der Waals surface area (Å²) in [7, 11) is 1.39. The monoisotopic (exact) mass is 353 g/mol. The van der Waals surface area contributed by atoms with Gasteiger partial charge in [0.2, 0.25) is 0 Å². The molecule has 20 heavy (non-hydrogen) atoms. The van der Waals surface area contributed by atoms with Crippen molar-refractivity contribution >= 4 is 42.9 Å². The predicted octanol–water partition coefficient (Wildman–Crippen LogP) is 3.59. The highest BCUT2D eigenvalue weighted by molar-refractivity contribution is 8.13. The first-order valence-electron chi connectivity index (χ1n) is 5.68. The molecule has 0 aliphatic heterocycles. The molecule has 0 bridgehead atoms. The van der Waals surface area contributed by atoms with Gasteiger partial charge in [-0.2, -0.15) is 0 Å². The summed E-state index contributed by atoms with van der Waals surface area (Å²) in [6.45, 7) is 2.31. The average Bonchev–Trinajstić information content (AvgIpc) is 2.73. The Morgan fingerprint density at radius 2 is 1.95 bits per heavy atom. The molecule has 5 nitrogen and oxygen atoms in total. The summed E-state index contributed by atoms with van der Waals surface area (Å²) in [5, 5.41) is 8.08. The van der Waals surface area contributed by atoms with Gasteiger partial charge in [-0.05, 0) is 24.6 Å². The molecule has 0 N–H and O–H groups in total. The topological polar surface area (TPSA) is 64.8 Å². The number of nitrogens with zero attached hydrogens (tertiary/aromatic N) is 3. The molecule has 0 fully saturated rings. The van der Waals surface area contributed by atoms with Crippen LogP contribution in [-0.4, -0.2) is 23.2 Å². The van der Waals surface area contributed by atoms with Crippen LogP contribution in [0.15, 0.2) is 23.4 Å². The summed E-state index contributed by atoms with van der Waals surface area (Å²) in [6.07, 6.45) is 0.690. The zero-order chi connectivity index (χ0) is 14.9. The molecule has 0 spiro atoms. The van der Waals surface area contributed by atoms with Gasteiger partial charge in [0.05, 0.1) is 5.02 Å². The molecular formula is C11H10Cl3N3O2S. The van der Waals surface area contributed by atoms with Gasteiger partial charge >= 0.3 is 0 Å². The van der Waals surface area contributed by atoms with Crippen LogP contribution in [0.3, 0.4) is 0 Å². The molecule has 9 heteroatoms. The van der Waals surface area contributed by atoms with E-state index in [-0.39, 0.29) is 5.16 Å². The number of halogens is 3. The molecule has 1 heterocycles. The van der Waals surface area contributed by atoms with Gasteiger partial charge in [0, 0.05) is 27.8 Å². The van der Waals surface area contributed by atoms with E-state index in [9.17, 15) is 8.42 Å². The molecule has 108 valence electrons. The zero-order valence-electron chi connectivity index (χ0n) is 10.3. The van der Waals surface area contributed by atoms with E-state index in [4.69, 9.17) is 33.9 Å². The maximum atomic E-state index is 11.5. The van der Waals surface area contributed by atoms with E-state index in [1.54, 1.807) is 18.2 Å². The first-order chi connectivity index (χ1) is 9.34. The summed E-state index contributed by atoms with van der Waals surface area (Å²) < 4.78 is 24.4. The molecule has 2 rings (SSSR count).